The van der Waals surface area contributed by atoms with E-state index in [4.69, 9.17) is 13.6 Å². The first kappa shape index (κ1) is 34.0. The van der Waals surface area contributed by atoms with E-state index in [1.807, 2.05) is 66.7 Å². The zero-order valence-corrected chi connectivity index (χ0v) is 25.0. The topological polar surface area (TPSA) is 104 Å². The molecule has 0 bridgehead atoms. The zero-order valence-electron chi connectivity index (χ0n) is 25.0. The minimum absolute atomic E-state index is 0.194. The first-order valence-corrected chi connectivity index (χ1v) is 14.4. The van der Waals surface area contributed by atoms with Gasteiger partial charge >= 0.3 is 0 Å². The van der Waals surface area contributed by atoms with Crippen LogP contribution in [0.5, 0.6) is 0 Å². The Morgan fingerprint density at radius 1 is 0.902 bits per heavy atom. The van der Waals surface area contributed by atoms with Crippen LogP contribution < -0.4 is 5.73 Å². The summed E-state index contributed by atoms with van der Waals surface area (Å²) in [6.07, 6.45) is 4.89. The van der Waals surface area contributed by atoms with Crippen molar-refractivity contribution in [1.29, 1.82) is 0 Å². The molecule has 3 aromatic carbocycles. The first-order chi connectivity index (χ1) is 19.4. The molecule has 0 aliphatic heterocycles. The predicted molar refractivity (Wildman–Crippen MR) is 168 cm³/mol. The number of primary amides is 1. The van der Waals surface area contributed by atoms with Crippen LogP contribution in [0.25, 0.3) is 0 Å². The van der Waals surface area contributed by atoms with Gasteiger partial charge in [-0.3, -0.25) is 4.79 Å². The lowest BCUT2D eigenvalue weighted by Gasteiger charge is -2.39. The van der Waals surface area contributed by atoms with Gasteiger partial charge < -0.3 is 21.1 Å². The van der Waals surface area contributed by atoms with Gasteiger partial charge in [0, 0.05) is 0 Å². The molecule has 0 heterocycles. The van der Waals surface area contributed by atoms with Crippen molar-refractivity contribution in [2.75, 3.05) is 0 Å². The smallest absolute Gasteiger partial charge is 0.232 e. The number of fused-ring (bicyclic) bond motifs is 1. The second-order valence-corrected chi connectivity index (χ2v) is 11.1. The summed E-state index contributed by atoms with van der Waals surface area (Å²) in [4.78, 5) is 12.7. The second kappa shape index (κ2) is 14.6. The average Bonchev–Trinajstić information content (AvgIpc) is 3.34. The van der Waals surface area contributed by atoms with E-state index >= 15 is 0 Å². The molecule has 1 aliphatic carbocycles. The highest BCUT2D eigenvalue weighted by Crippen LogP contribution is 2.43. The molecule has 4 rings (SSSR count). The summed E-state index contributed by atoms with van der Waals surface area (Å²) in [6, 6.07) is 25.3. The molecular weight excluding hydrogens is 509 g/mol. The molecule has 218 valence electrons. The molecule has 0 fully saturated rings. The number of carbonyl (C=O) groups excluding carboxylic acids is 1. The Bertz CT molecular complexity index is 1200. The van der Waals surface area contributed by atoms with E-state index in [0.29, 0.717) is 11.5 Å². The molecule has 3 aromatic rings. The Balaban J connectivity index is 0.000000278. The van der Waals surface area contributed by atoms with Gasteiger partial charge in [-0.15, -0.1) is 13.2 Å². The van der Waals surface area contributed by atoms with Gasteiger partial charge in [0.2, 0.25) is 5.91 Å². The Morgan fingerprint density at radius 2 is 1.39 bits per heavy atom. The van der Waals surface area contributed by atoms with Crippen molar-refractivity contribution in [2.24, 2.45) is 17.6 Å². The quantitative estimate of drug-likeness (QED) is 0.159. The lowest BCUT2D eigenvalue weighted by atomic mass is 9.63. The Labute approximate surface area is 247 Å². The summed E-state index contributed by atoms with van der Waals surface area (Å²) in [6.45, 7) is 13.5. The van der Waals surface area contributed by atoms with E-state index in [0.717, 1.165) is 55.7 Å². The Kier molecular flexibility index (Phi) is 12.1. The summed E-state index contributed by atoms with van der Waals surface area (Å²) < 4.78 is 0. The fourth-order valence-electron chi connectivity index (χ4n) is 5.95. The molecule has 3 atom stereocenters. The van der Waals surface area contributed by atoms with Gasteiger partial charge in [0.15, 0.2) is 5.79 Å². The van der Waals surface area contributed by atoms with E-state index in [-0.39, 0.29) is 11.8 Å². The van der Waals surface area contributed by atoms with Crippen LogP contribution in [0.15, 0.2) is 92.0 Å². The number of carbonyl (C=O) groups is 1. The standard InChI is InChI=1S/C20H25NO.C13H17BO3.C2H4/c1-3-11-16(4-2)20(19(21)22,17-12-7-5-8-13-17)18-14-9-6-10-15-18;1-8-5-9-3-4-11(7-10(9)6-8)13(14,17)12(2,15)16;1-2/h5-10,12-16H,3-4,11H2,1-2H3,(H2,21,22);3-4,7-8,15-17H,5-6H2,1-2H3;1-2H2. The Morgan fingerprint density at radius 3 is 1.80 bits per heavy atom. The van der Waals surface area contributed by atoms with Gasteiger partial charge in [-0.1, -0.05) is 112 Å². The fourth-order valence-corrected chi connectivity index (χ4v) is 5.95. The molecule has 0 aromatic heterocycles. The third-order valence-electron chi connectivity index (χ3n) is 8.09. The van der Waals surface area contributed by atoms with Crippen molar-refractivity contribution in [3.63, 3.8) is 0 Å². The van der Waals surface area contributed by atoms with Crippen molar-refractivity contribution in [1.82, 2.24) is 0 Å². The number of aliphatic hydroxyl groups is 3. The zero-order chi connectivity index (χ0) is 30.8. The van der Waals surface area contributed by atoms with E-state index in [9.17, 15) is 20.1 Å². The molecule has 6 heteroatoms. The van der Waals surface area contributed by atoms with E-state index in [1.54, 1.807) is 12.1 Å². The SMILES string of the molecule is C=C.CCCC(CC)C(C(N)=O)(c1ccccc1)c1ccccc1.[B]C(O)(c1ccc2c(c1)CC(C)C2)C(C)(O)O. The minimum Gasteiger partial charge on any atom is -0.390 e. The largest absolute Gasteiger partial charge is 0.390 e. The first-order valence-electron chi connectivity index (χ1n) is 14.4. The van der Waals surface area contributed by atoms with Crippen LogP contribution in [-0.2, 0) is 28.6 Å². The number of rotatable bonds is 9. The van der Waals surface area contributed by atoms with Crippen LogP contribution >= 0.6 is 0 Å². The maximum absolute atomic E-state index is 12.7. The van der Waals surface area contributed by atoms with Crippen molar-refractivity contribution in [3.05, 3.63) is 120 Å². The van der Waals surface area contributed by atoms with Gasteiger partial charge in [-0.05, 0) is 65.8 Å². The van der Waals surface area contributed by atoms with Gasteiger partial charge in [0.05, 0.1) is 5.50 Å². The number of nitrogens with two attached hydrogens (primary N) is 1. The fraction of sp³-hybridized carbons (Fsp3) is 0.400. The second-order valence-electron chi connectivity index (χ2n) is 11.1. The monoisotopic (exact) mass is 555 g/mol. The van der Waals surface area contributed by atoms with Gasteiger partial charge in [0.1, 0.15) is 13.3 Å². The summed E-state index contributed by atoms with van der Waals surface area (Å²) in [5.74, 6) is -1.85. The van der Waals surface area contributed by atoms with Crippen LogP contribution in [0.4, 0.5) is 0 Å². The van der Waals surface area contributed by atoms with Crippen LogP contribution in [-0.4, -0.2) is 34.9 Å². The highest BCUT2D eigenvalue weighted by atomic mass is 16.5. The van der Waals surface area contributed by atoms with Crippen molar-refractivity contribution < 1.29 is 20.1 Å². The van der Waals surface area contributed by atoms with Crippen molar-refractivity contribution in [3.8, 4) is 0 Å². The third kappa shape index (κ3) is 7.37. The molecule has 0 saturated heterocycles. The molecule has 5 nitrogen and oxygen atoms in total. The highest BCUT2D eigenvalue weighted by molar-refractivity contribution is 6.15. The van der Waals surface area contributed by atoms with Gasteiger partial charge in [-0.25, -0.2) is 0 Å². The normalized spacial score (nSPS) is 16.6. The minimum atomic E-state index is -2.37. The molecule has 2 radical (unpaired) electrons. The predicted octanol–water partition coefficient (Wildman–Crippen LogP) is 5.52. The summed E-state index contributed by atoms with van der Waals surface area (Å²) in [5.41, 5.74) is 7.78. The molecule has 0 saturated carbocycles. The lowest BCUT2D eigenvalue weighted by molar-refractivity contribution is -0.234. The van der Waals surface area contributed by atoms with Crippen LogP contribution in [0, 0.1) is 11.8 Å². The summed E-state index contributed by atoms with van der Waals surface area (Å²) in [7, 11) is 5.60. The molecule has 1 aliphatic rings. The van der Waals surface area contributed by atoms with Crippen molar-refractivity contribution in [2.45, 2.75) is 76.5 Å². The van der Waals surface area contributed by atoms with Crippen LogP contribution in [0.1, 0.15) is 74.8 Å². The highest BCUT2D eigenvalue weighted by Gasteiger charge is 2.46. The molecular formula is C35H46BNO4. The van der Waals surface area contributed by atoms with Crippen LogP contribution in [0.3, 0.4) is 0 Å². The summed E-state index contributed by atoms with van der Waals surface area (Å²) in [5, 5.41) is 29.0. The van der Waals surface area contributed by atoms with E-state index < -0.39 is 16.7 Å². The summed E-state index contributed by atoms with van der Waals surface area (Å²) >= 11 is 0. The molecule has 3 unspecified atom stereocenters. The Hall–Kier alpha value is -3.19. The van der Waals surface area contributed by atoms with Gasteiger partial charge in [-0.2, -0.15) is 0 Å². The molecule has 5 N–H and O–H groups in total. The number of hydrogen-bond donors (Lipinski definition) is 4. The number of hydrogen-bond acceptors (Lipinski definition) is 4. The van der Waals surface area contributed by atoms with Crippen LogP contribution in [0.2, 0.25) is 0 Å². The lowest BCUT2D eigenvalue weighted by Crippen LogP contribution is -2.50. The molecule has 41 heavy (non-hydrogen) atoms. The molecule has 0 spiro atoms. The third-order valence-corrected chi connectivity index (χ3v) is 8.09. The maximum Gasteiger partial charge on any atom is 0.232 e. The average molecular weight is 556 g/mol. The van der Waals surface area contributed by atoms with E-state index in [2.05, 4.69) is 33.9 Å². The van der Waals surface area contributed by atoms with E-state index in [1.165, 1.54) is 5.56 Å². The maximum atomic E-state index is 12.7. The van der Waals surface area contributed by atoms with Gasteiger partial charge in [0.25, 0.3) is 0 Å². The molecule has 1 amide bonds. The number of benzene rings is 3. The van der Waals surface area contributed by atoms with Crippen molar-refractivity contribution >= 4 is 13.8 Å². The number of amides is 1.